The highest BCUT2D eigenvalue weighted by atomic mass is 16.5. The van der Waals surface area contributed by atoms with Crippen LogP contribution in [0, 0.1) is 6.92 Å². The second-order valence-corrected chi connectivity index (χ2v) is 5.02. The molecule has 0 atom stereocenters. The number of methoxy groups -OCH3 is 1. The fraction of sp³-hybridized carbons (Fsp3) is 0.600. The minimum atomic E-state index is -0.115. The van der Waals surface area contributed by atoms with Crippen LogP contribution in [-0.2, 0) is 11.2 Å². The number of hydrogen-bond donors (Lipinski definition) is 0. The van der Waals surface area contributed by atoms with Crippen LogP contribution < -0.4 is 4.74 Å². The van der Waals surface area contributed by atoms with Crippen LogP contribution >= 0.6 is 0 Å². The fourth-order valence-electron chi connectivity index (χ4n) is 1.53. The average Bonchev–Trinajstić information content (AvgIpc) is 2.31. The summed E-state index contributed by atoms with van der Waals surface area (Å²) in [5, 5.41) is 0. The van der Waals surface area contributed by atoms with E-state index in [1.165, 1.54) is 11.1 Å². The molecule has 0 N–H and O–H groups in total. The van der Waals surface area contributed by atoms with Crippen molar-refractivity contribution in [2.45, 2.75) is 46.1 Å². The Morgan fingerprint density at radius 1 is 1.24 bits per heavy atom. The summed E-state index contributed by atoms with van der Waals surface area (Å²) in [6.45, 7) is 9.07. The van der Waals surface area contributed by atoms with E-state index in [2.05, 4.69) is 45.9 Å². The molecule has 1 aromatic rings. The maximum atomic E-state index is 5.84. The van der Waals surface area contributed by atoms with Crippen LogP contribution in [0.25, 0.3) is 0 Å². The number of benzene rings is 1. The Morgan fingerprint density at radius 3 is 2.53 bits per heavy atom. The Kier molecular flexibility index (Phi) is 5.01. The molecular weight excluding hydrogens is 212 g/mol. The van der Waals surface area contributed by atoms with Crippen LogP contribution in [0.3, 0.4) is 0 Å². The Hall–Kier alpha value is -1.02. The van der Waals surface area contributed by atoms with Crippen molar-refractivity contribution >= 4 is 0 Å². The minimum absolute atomic E-state index is 0.115. The van der Waals surface area contributed by atoms with Crippen molar-refractivity contribution in [3.05, 3.63) is 29.3 Å². The van der Waals surface area contributed by atoms with Crippen LogP contribution in [0.2, 0.25) is 0 Å². The first-order valence-electron chi connectivity index (χ1n) is 6.26. The van der Waals surface area contributed by atoms with E-state index in [-0.39, 0.29) is 5.60 Å². The molecular formula is C15H24O2. The third-order valence-corrected chi connectivity index (χ3v) is 3.18. The van der Waals surface area contributed by atoms with Crippen molar-refractivity contribution in [3.8, 4) is 5.75 Å². The summed E-state index contributed by atoms with van der Waals surface area (Å²) in [5.74, 6) is 0.997. The van der Waals surface area contributed by atoms with Crippen molar-refractivity contribution in [3.63, 3.8) is 0 Å². The summed E-state index contributed by atoms with van der Waals surface area (Å²) in [6.07, 6.45) is 1.93. The lowest BCUT2D eigenvalue weighted by Crippen LogP contribution is -2.25. The lowest BCUT2D eigenvalue weighted by molar-refractivity contribution is 0.00539. The van der Waals surface area contributed by atoms with E-state index in [4.69, 9.17) is 9.47 Å². The molecule has 96 valence electrons. The van der Waals surface area contributed by atoms with Gasteiger partial charge in [-0.2, -0.15) is 0 Å². The molecule has 0 spiro atoms. The number of aryl methyl sites for hydroxylation is 2. The highest BCUT2D eigenvalue weighted by molar-refractivity contribution is 5.36. The maximum Gasteiger partial charge on any atom is 0.122 e. The van der Waals surface area contributed by atoms with Gasteiger partial charge < -0.3 is 9.47 Å². The molecule has 1 rings (SSSR count). The zero-order valence-corrected chi connectivity index (χ0v) is 11.7. The zero-order chi connectivity index (χ0) is 12.9. The summed E-state index contributed by atoms with van der Waals surface area (Å²) in [4.78, 5) is 0. The largest absolute Gasteiger partial charge is 0.493 e. The van der Waals surface area contributed by atoms with Crippen molar-refractivity contribution in [2.75, 3.05) is 13.7 Å². The molecule has 0 heterocycles. The van der Waals surface area contributed by atoms with Gasteiger partial charge in [-0.1, -0.05) is 19.1 Å². The quantitative estimate of drug-likeness (QED) is 0.749. The van der Waals surface area contributed by atoms with Crippen molar-refractivity contribution in [1.29, 1.82) is 0 Å². The molecule has 0 saturated heterocycles. The van der Waals surface area contributed by atoms with Gasteiger partial charge in [0.05, 0.1) is 12.2 Å². The molecule has 0 aromatic heterocycles. The van der Waals surface area contributed by atoms with Gasteiger partial charge in [-0.15, -0.1) is 0 Å². The molecule has 0 radical (unpaired) electrons. The Balaban J connectivity index is 2.57. The molecule has 0 unspecified atom stereocenters. The molecule has 0 fully saturated rings. The van der Waals surface area contributed by atoms with Gasteiger partial charge in [0.2, 0.25) is 0 Å². The molecule has 0 amide bonds. The van der Waals surface area contributed by atoms with E-state index in [9.17, 15) is 0 Å². The molecule has 17 heavy (non-hydrogen) atoms. The first-order valence-corrected chi connectivity index (χ1v) is 6.26. The lowest BCUT2D eigenvalue weighted by atomic mass is 10.1. The molecule has 2 heteroatoms. The predicted octanol–water partition coefficient (Wildman–Crippen LogP) is 3.75. The lowest BCUT2D eigenvalue weighted by Gasteiger charge is -2.23. The van der Waals surface area contributed by atoms with Gasteiger partial charge in [-0.25, -0.2) is 0 Å². The summed E-state index contributed by atoms with van der Waals surface area (Å²) in [7, 11) is 1.74. The molecule has 0 aliphatic heterocycles. The fourth-order valence-corrected chi connectivity index (χ4v) is 1.53. The van der Waals surface area contributed by atoms with Gasteiger partial charge in [0.15, 0.2) is 0 Å². The van der Waals surface area contributed by atoms with E-state index in [0.29, 0.717) is 6.61 Å². The van der Waals surface area contributed by atoms with Crippen LogP contribution in [-0.4, -0.2) is 19.3 Å². The normalized spacial score (nSPS) is 11.6. The molecule has 0 aliphatic carbocycles. The molecule has 1 aromatic carbocycles. The highest BCUT2D eigenvalue weighted by Gasteiger charge is 2.16. The van der Waals surface area contributed by atoms with Gasteiger partial charge in [0, 0.05) is 13.5 Å². The summed E-state index contributed by atoms with van der Waals surface area (Å²) in [5.41, 5.74) is 2.39. The number of ether oxygens (including phenoxy) is 2. The van der Waals surface area contributed by atoms with Gasteiger partial charge in [0.1, 0.15) is 5.75 Å². The van der Waals surface area contributed by atoms with Gasteiger partial charge >= 0.3 is 0 Å². The average molecular weight is 236 g/mol. The standard InChI is InChI=1S/C15H24O2/c1-6-13-8-7-12(2)14(11-13)17-10-9-15(3,4)16-5/h7-8,11H,6,9-10H2,1-5H3. The smallest absolute Gasteiger partial charge is 0.122 e. The van der Waals surface area contributed by atoms with Crippen molar-refractivity contribution < 1.29 is 9.47 Å². The maximum absolute atomic E-state index is 5.84. The van der Waals surface area contributed by atoms with Gasteiger partial charge in [0.25, 0.3) is 0 Å². The summed E-state index contributed by atoms with van der Waals surface area (Å²) >= 11 is 0. The van der Waals surface area contributed by atoms with Crippen molar-refractivity contribution in [1.82, 2.24) is 0 Å². The summed E-state index contributed by atoms with van der Waals surface area (Å²) in [6, 6.07) is 6.41. The van der Waals surface area contributed by atoms with E-state index in [1.807, 2.05) is 0 Å². The highest BCUT2D eigenvalue weighted by Crippen LogP contribution is 2.21. The Labute approximate surface area is 105 Å². The first-order chi connectivity index (χ1) is 7.98. The van der Waals surface area contributed by atoms with Crippen molar-refractivity contribution in [2.24, 2.45) is 0 Å². The third-order valence-electron chi connectivity index (χ3n) is 3.18. The van der Waals surface area contributed by atoms with E-state index in [1.54, 1.807) is 7.11 Å². The van der Waals surface area contributed by atoms with Gasteiger partial charge in [-0.05, 0) is 44.4 Å². The van der Waals surface area contributed by atoms with E-state index in [0.717, 1.165) is 18.6 Å². The van der Waals surface area contributed by atoms with Crippen LogP contribution in [0.1, 0.15) is 38.3 Å². The van der Waals surface area contributed by atoms with Gasteiger partial charge in [-0.3, -0.25) is 0 Å². The number of rotatable bonds is 6. The monoisotopic (exact) mass is 236 g/mol. The Morgan fingerprint density at radius 2 is 1.94 bits per heavy atom. The van der Waals surface area contributed by atoms with Crippen LogP contribution in [0.4, 0.5) is 0 Å². The van der Waals surface area contributed by atoms with E-state index < -0.39 is 0 Å². The predicted molar refractivity (Wildman–Crippen MR) is 71.8 cm³/mol. The molecule has 0 bridgehead atoms. The molecule has 2 nitrogen and oxygen atoms in total. The second kappa shape index (κ2) is 6.06. The Bertz CT molecular complexity index is 356. The van der Waals surface area contributed by atoms with Crippen LogP contribution in [0.15, 0.2) is 18.2 Å². The zero-order valence-electron chi connectivity index (χ0n) is 11.7. The second-order valence-electron chi connectivity index (χ2n) is 5.02. The SMILES string of the molecule is CCc1ccc(C)c(OCCC(C)(C)OC)c1. The van der Waals surface area contributed by atoms with E-state index >= 15 is 0 Å². The number of hydrogen-bond acceptors (Lipinski definition) is 2. The topological polar surface area (TPSA) is 18.5 Å². The van der Waals surface area contributed by atoms with Crippen LogP contribution in [0.5, 0.6) is 5.75 Å². The minimum Gasteiger partial charge on any atom is -0.493 e. The molecule has 0 aliphatic rings. The first kappa shape index (κ1) is 14.0. The molecule has 0 saturated carbocycles. The third kappa shape index (κ3) is 4.39. The summed E-state index contributed by atoms with van der Waals surface area (Å²) < 4.78 is 11.2.